The molecule has 0 aliphatic heterocycles. The van der Waals surface area contributed by atoms with Crippen LogP contribution < -0.4 is 11.1 Å². The lowest BCUT2D eigenvalue weighted by Gasteiger charge is -2.09. The number of nitrogens with two attached hydrogens (primary N) is 1. The molecule has 3 N–H and O–H groups in total. The maximum absolute atomic E-state index is 5.80. The Morgan fingerprint density at radius 2 is 2.05 bits per heavy atom. The minimum atomic E-state index is 0.495. The average molecular weight is 321 g/mol. The highest BCUT2D eigenvalue weighted by atomic mass is 79.9. The van der Waals surface area contributed by atoms with Gasteiger partial charge in [-0.2, -0.15) is 0 Å². The molecule has 2 aromatic rings. The van der Waals surface area contributed by atoms with Gasteiger partial charge in [-0.25, -0.2) is 9.97 Å². The number of halogens is 1. The Morgan fingerprint density at radius 3 is 2.74 bits per heavy atom. The summed E-state index contributed by atoms with van der Waals surface area (Å²) < 4.78 is 1.09. The summed E-state index contributed by atoms with van der Waals surface area (Å²) in [6.45, 7) is 4.14. The van der Waals surface area contributed by atoms with Crippen LogP contribution >= 0.6 is 15.9 Å². The van der Waals surface area contributed by atoms with E-state index in [0.29, 0.717) is 5.82 Å². The summed E-state index contributed by atoms with van der Waals surface area (Å²) >= 11 is 3.49. The molecule has 0 spiro atoms. The normalized spacial score (nSPS) is 10.5. The van der Waals surface area contributed by atoms with Crippen LogP contribution in [-0.4, -0.2) is 9.97 Å². The van der Waals surface area contributed by atoms with Crippen LogP contribution in [0.2, 0.25) is 0 Å². The summed E-state index contributed by atoms with van der Waals surface area (Å²) in [5.74, 6) is 2.01. The van der Waals surface area contributed by atoms with Crippen molar-refractivity contribution in [3.8, 4) is 0 Å². The predicted octanol–water partition coefficient (Wildman–Crippen LogP) is 3.83. The largest absolute Gasteiger partial charge is 0.384 e. The van der Waals surface area contributed by atoms with Gasteiger partial charge in [0.2, 0.25) is 0 Å². The lowest BCUT2D eigenvalue weighted by atomic mass is 10.2. The van der Waals surface area contributed by atoms with E-state index < -0.39 is 0 Å². The van der Waals surface area contributed by atoms with Gasteiger partial charge in [-0.15, -0.1) is 0 Å². The zero-order chi connectivity index (χ0) is 13.8. The lowest BCUT2D eigenvalue weighted by Crippen LogP contribution is -2.03. The topological polar surface area (TPSA) is 63.8 Å². The standard InChI is InChI=1S/C14H17BrN4/c1-3-4-13-18-12(16)8-14(19-13)17-10-5-6-11(15)9(2)7-10/h5-8H,3-4H2,1-2H3,(H3,16,17,18,19). The number of nitrogen functional groups attached to an aromatic ring is 1. The molecule has 0 atom stereocenters. The van der Waals surface area contributed by atoms with Gasteiger partial charge in [0.1, 0.15) is 17.5 Å². The van der Waals surface area contributed by atoms with Crippen molar-refractivity contribution in [2.45, 2.75) is 26.7 Å². The van der Waals surface area contributed by atoms with E-state index in [4.69, 9.17) is 5.73 Å². The molecule has 19 heavy (non-hydrogen) atoms. The number of hydrogen-bond acceptors (Lipinski definition) is 4. The van der Waals surface area contributed by atoms with Gasteiger partial charge in [-0.1, -0.05) is 22.9 Å². The van der Waals surface area contributed by atoms with E-state index in [2.05, 4.69) is 44.2 Å². The summed E-state index contributed by atoms with van der Waals surface area (Å²) in [4.78, 5) is 8.67. The molecule has 2 rings (SSSR count). The Hall–Kier alpha value is -1.62. The molecule has 0 fully saturated rings. The minimum absolute atomic E-state index is 0.495. The van der Waals surface area contributed by atoms with E-state index in [1.165, 1.54) is 5.56 Å². The number of rotatable bonds is 4. The van der Waals surface area contributed by atoms with Crippen molar-refractivity contribution in [2.24, 2.45) is 0 Å². The molecule has 5 heteroatoms. The van der Waals surface area contributed by atoms with E-state index in [-0.39, 0.29) is 0 Å². The third kappa shape index (κ3) is 3.67. The second-order valence-electron chi connectivity index (χ2n) is 4.43. The van der Waals surface area contributed by atoms with Gasteiger partial charge in [0, 0.05) is 22.6 Å². The number of benzene rings is 1. The summed E-state index contributed by atoms with van der Waals surface area (Å²) in [6.07, 6.45) is 1.83. The molecule has 0 saturated heterocycles. The molecule has 4 nitrogen and oxygen atoms in total. The Morgan fingerprint density at radius 1 is 1.26 bits per heavy atom. The van der Waals surface area contributed by atoms with Crippen LogP contribution in [0.5, 0.6) is 0 Å². The van der Waals surface area contributed by atoms with Gasteiger partial charge in [0.25, 0.3) is 0 Å². The van der Waals surface area contributed by atoms with Crippen LogP contribution in [-0.2, 0) is 6.42 Å². The Kier molecular flexibility index (Phi) is 4.37. The number of anilines is 3. The summed E-state index contributed by atoms with van der Waals surface area (Å²) in [5, 5.41) is 3.26. The monoisotopic (exact) mass is 320 g/mol. The number of hydrogen-bond donors (Lipinski definition) is 2. The average Bonchev–Trinajstić information content (AvgIpc) is 2.33. The smallest absolute Gasteiger partial charge is 0.136 e. The molecule has 0 aliphatic rings. The highest BCUT2D eigenvalue weighted by molar-refractivity contribution is 9.10. The second kappa shape index (κ2) is 6.02. The van der Waals surface area contributed by atoms with Gasteiger partial charge in [-0.05, 0) is 37.1 Å². The first-order valence-electron chi connectivity index (χ1n) is 6.25. The van der Waals surface area contributed by atoms with Crippen molar-refractivity contribution in [3.63, 3.8) is 0 Å². The molecule has 0 bridgehead atoms. The fraction of sp³-hybridized carbons (Fsp3) is 0.286. The van der Waals surface area contributed by atoms with Crippen molar-refractivity contribution in [1.29, 1.82) is 0 Å². The van der Waals surface area contributed by atoms with E-state index >= 15 is 0 Å². The van der Waals surface area contributed by atoms with Crippen molar-refractivity contribution < 1.29 is 0 Å². The molecular formula is C14H17BrN4. The third-order valence-corrected chi connectivity index (χ3v) is 3.59. The molecule has 100 valence electrons. The molecule has 1 heterocycles. The fourth-order valence-corrected chi connectivity index (χ4v) is 2.03. The first-order valence-corrected chi connectivity index (χ1v) is 7.04. The molecule has 0 amide bonds. The van der Waals surface area contributed by atoms with Crippen LogP contribution in [0.15, 0.2) is 28.7 Å². The molecule has 1 aromatic heterocycles. The highest BCUT2D eigenvalue weighted by Crippen LogP contribution is 2.22. The van der Waals surface area contributed by atoms with Gasteiger partial charge in [0.05, 0.1) is 0 Å². The molecule has 0 saturated carbocycles. The zero-order valence-electron chi connectivity index (χ0n) is 11.1. The molecule has 0 aliphatic carbocycles. The first kappa shape index (κ1) is 13.8. The third-order valence-electron chi connectivity index (χ3n) is 2.70. The number of aryl methyl sites for hydroxylation is 2. The minimum Gasteiger partial charge on any atom is -0.384 e. The number of nitrogens with one attached hydrogen (secondary N) is 1. The van der Waals surface area contributed by atoms with E-state index in [1.807, 2.05) is 19.1 Å². The quantitative estimate of drug-likeness (QED) is 0.898. The van der Waals surface area contributed by atoms with Crippen molar-refractivity contribution in [2.75, 3.05) is 11.1 Å². The number of aromatic nitrogens is 2. The fourth-order valence-electron chi connectivity index (χ4n) is 1.79. The number of nitrogens with zero attached hydrogens (tertiary/aromatic N) is 2. The summed E-state index contributed by atoms with van der Waals surface area (Å²) in [5.41, 5.74) is 7.95. The second-order valence-corrected chi connectivity index (χ2v) is 5.29. The Balaban J connectivity index is 2.24. The summed E-state index contributed by atoms with van der Waals surface area (Å²) in [6, 6.07) is 7.81. The maximum Gasteiger partial charge on any atom is 0.136 e. The molecule has 0 unspecified atom stereocenters. The lowest BCUT2D eigenvalue weighted by molar-refractivity contribution is 0.839. The SMILES string of the molecule is CCCc1nc(N)cc(Nc2ccc(Br)c(C)c2)n1. The maximum atomic E-state index is 5.80. The van der Waals surface area contributed by atoms with Gasteiger partial charge in [0.15, 0.2) is 0 Å². The van der Waals surface area contributed by atoms with Crippen molar-refractivity contribution >= 4 is 33.3 Å². The van der Waals surface area contributed by atoms with Crippen LogP contribution in [0, 0.1) is 6.92 Å². The Labute approximate surface area is 121 Å². The van der Waals surface area contributed by atoms with Crippen molar-refractivity contribution in [1.82, 2.24) is 9.97 Å². The predicted molar refractivity (Wildman–Crippen MR) is 82.6 cm³/mol. The van der Waals surface area contributed by atoms with Crippen LogP contribution in [0.1, 0.15) is 24.7 Å². The molecular weight excluding hydrogens is 304 g/mol. The zero-order valence-corrected chi connectivity index (χ0v) is 12.7. The van der Waals surface area contributed by atoms with E-state index in [1.54, 1.807) is 6.07 Å². The van der Waals surface area contributed by atoms with Gasteiger partial charge in [-0.3, -0.25) is 0 Å². The van der Waals surface area contributed by atoms with Crippen LogP contribution in [0.4, 0.5) is 17.3 Å². The molecule has 0 radical (unpaired) electrons. The Bertz CT molecular complexity index is 584. The highest BCUT2D eigenvalue weighted by Gasteiger charge is 2.03. The molecule has 1 aromatic carbocycles. The van der Waals surface area contributed by atoms with Crippen LogP contribution in [0.25, 0.3) is 0 Å². The van der Waals surface area contributed by atoms with Gasteiger partial charge >= 0.3 is 0 Å². The first-order chi connectivity index (χ1) is 9.08. The van der Waals surface area contributed by atoms with Crippen LogP contribution in [0.3, 0.4) is 0 Å². The summed E-state index contributed by atoms with van der Waals surface area (Å²) in [7, 11) is 0. The van der Waals surface area contributed by atoms with Crippen molar-refractivity contribution in [3.05, 3.63) is 40.1 Å². The van der Waals surface area contributed by atoms with Gasteiger partial charge < -0.3 is 11.1 Å². The van der Waals surface area contributed by atoms with E-state index in [0.717, 1.165) is 34.6 Å². The van der Waals surface area contributed by atoms with E-state index in [9.17, 15) is 0 Å².